The minimum Gasteiger partial charge on any atom is -0.388 e. The second-order valence-corrected chi connectivity index (χ2v) is 7.85. The lowest BCUT2D eigenvalue weighted by atomic mass is 10.3. The minimum absolute atomic E-state index is 0.0128. The fourth-order valence-electron chi connectivity index (χ4n) is 1.16. The highest BCUT2D eigenvalue weighted by Crippen LogP contribution is 2.25. The van der Waals surface area contributed by atoms with Crippen LogP contribution in [0.5, 0.6) is 0 Å². The number of thiocarbonyl (C=S) groups is 1. The highest BCUT2D eigenvalue weighted by Gasteiger charge is 2.16. The smallest absolute Gasteiger partial charge is 0.265 e. The summed E-state index contributed by atoms with van der Waals surface area (Å²) in [5, 5.41) is 0.269. The number of rotatable bonds is 4. The van der Waals surface area contributed by atoms with Crippen molar-refractivity contribution in [3.8, 4) is 0 Å². The van der Waals surface area contributed by atoms with E-state index in [-0.39, 0.29) is 15.0 Å². The Hall–Kier alpha value is -1.10. The summed E-state index contributed by atoms with van der Waals surface area (Å²) in [7, 11) is -3.71. The summed E-state index contributed by atoms with van der Waals surface area (Å²) in [5.74, 6) is 0. The van der Waals surface area contributed by atoms with Crippen LogP contribution in [-0.2, 0) is 10.0 Å². The first-order chi connectivity index (χ1) is 8.88. The first kappa shape index (κ1) is 14.3. The van der Waals surface area contributed by atoms with Gasteiger partial charge >= 0.3 is 0 Å². The predicted molar refractivity (Wildman–Crippen MR) is 80.7 cm³/mol. The summed E-state index contributed by atoms with van der Waals surface area (Å²) in [6.45, 7) is 0. The lowest BCUT2D eigenvalue weighted by Gasteiger charge is -2.05. The van der Waals surface area contributed by atoms with Crippen LogP contribution in [-0.4, -0.2) is 23.4 Å². The van der Waals surface area contributed by atoms with Gasteiger partial charge in [0, 0.05) is 6.20 Å². The maximum Gasteiger partial charge on any atom is 0.265 e. The largest absolute Gasteiger partial charge is 0.388 e. The Bertz CT molecular complexity index is 711. The fourth-order valence-corrected chi connectivity index (χ4v) is 3.57. The van der Waals surface area contributed by atoms with Gasteiger partial charge in [0.05, 0.1) is 15.7 Å². The third-order valence-corrected chi connectivity index (χ3v) is 5.05. The van der Waals surface area contributed by atoms with Gasteiger partial charge < -0.3 is 5.73 Å². The summed E-state index contributed by atoms with van der Waals surface area (Å²) < 4.78 is 27.1. The SMILES string of the molecule is NC(=S)c1ccc(S(=O)(=O)Nc2ncc(Br)s2)cn1. The maximum absolute atomic E-state index is 12.0. The van der Waals surface area contributed by atoms with Crippen LogP contribution in [0, 0.1) is 0 Å². The van der Waals surface area contributed by atoms with Crippen LogP contribution in [0.25, 0.3) is 0 Å². The second kappa shape index (κ2) is 5.49. The highest BCUT2D eigenvalue weighted by atomic mass is 79.9. The molecular weight excluding hydrogens is 372 g/mol. The van der Waals surface area contributed by atoms with Gasteiger partial charge in [0.25, 0.3) is 10.0 Å². The first-order valence-corrected chi connectivity index (χ1v) is 8.28. The zero-order valence-corrected chi connectivity index (χ0v) is 13.2. The summed E-state index contributed by atoms with van der Waals surface area (Å²) in [6.07, 6.45) is 2.70. The number of hydrogen-bond acceptors (Lipinski definition) is 6. The van der Waals surface area contributed by atoms with Crippen molar-refractivity contribution in [1.82, 2.24) is 9.97 Å². The van der Waals surface area contributed by atoms with E-state index in [2.05, 4.69) is 30.6 Å². The number of nitrogens with zero attached hydrogens (tertiary/aromatic N) is 2. The van der Waals surface area contributed by atoms with Crippen LogP contribution in [0.15, 0.2) is 33.2 Å². The Morgan fingerprint density at radius 2 is 2.11 bits per heavy atom. The Morgan fingerprint density at radius 1 is 1.37 bits per heavy atom. The molecule has 10 heteroatoms. The van der Waals surface area contributed by atoms with E-state index >= 15 is 0 Å². The van der Waals surface area contributed by atoms with E-state index in [9.17, 15) is 8.42 Å². The van der Waals surface area contributed by atoms with E-state index in [0.29, 0.717) is 5.69 Å². The molecule has 6 nitrogen and oxygen atoms in total. The molecule has 0 aliphatic heterocycles. The highest BCUT2D eigenvalue weighted by molar-refractivity contribution is 9.11. The molecule has 3 N–H and O–H groups in total. The van der Waals surface area contributed by atoms with Crippen molar-refractivity contribution in [3.63, 3.8) is 0 Å². The molecule has 0 atom stereocenters. The lowest BCUT2D eigenvalue weighted by Crippen LogP contribution is -2.15. The fraction of sp³-hybridized carbons (Fsp3) is 0. The van der Waals surface area contributed by atoms with Crippen molar-refractivity contribution in [2.24, 2.45) is 5.73 Å². The van der Waals surface area contributed by atoms with Gasteiger partial charge in [-0.1, -0.05) is 23.6 Å². The molecule has 0 aliphatic rings. The number of nitrogens with two attached hydrogens (primary N) is 1. The summed E-state index contributed by atoms with van der Waals surface area (Å²) in [5.41, 5.74) is 5.76. The van der Waals surface area contributed by atoms with Gasteiger partial charge in [-0.3, -0.25) is 9.71 Å². The van der Waals surface area contributed by atoms with E-state index < -0.39 is 10.0 Å². The van der Waals surface area contributed by atoms with Crippen molar-refractivity contribution in [2.45, 2.75) is 4.90 Å². The monoisotopic (exact) mass is 378 g/mol. The van der Waals surface area contributed by atoms with Crippen LogP contribution in [0.3, 0.4) is 0 Å². The molecule has 2 aromatic rings. The van der Waals surface area contributed by atoms with Gasteiger partial charge in [-0.05, 0) is 28.1 Å². The first-order valence-electron chi connectivity index (χ1n) is 4.78. The number of thiazole rings is 1. The van der Waals surface area contributed by atoms with E-state index in [0.717, 1.165) is 3.79 Å². The van der Waals surface area contributed by atoms with Crippen LogP contribution in [0.2, 0.25) is 0 Å². The Labute approximate surface area is 127 Å². The van der Waals surface area contributed by atoms with Gasteiger partial charge in [0.2, 0.25) is 0 Å². The van der Waals surface area contributed by atoms with E-state index in [1.54, 1.807) is 0 Å². The van der Waals surface area contributed by atoms with E-state index in [1.165, 1.54) is 35.9 Å². The number of aromatic nitrogens is 2. The van der Waals surface area contributed by atoms with Gasteiger partial charge in [-0.2, -0.15) is 0 Å². The Balaban J connectivity index is 2.26. The number of pyridine rings is 1. The molecule has 2 heterocycles. The van der Waals surface area contributed by atoms with Gasteiger partial charge in [-0.15, -0.1) is 0 Å². The quantitative estimate of drug-likeness (QED) is 0.786. The number of hydrogen-bond donors (Lipinski definition) is 2. The molecule has 0 radical (unpaired) electrons. The Morgan fingerprint density at radius 3 is 2.58 bits per heavy atom. The van der Waals surface area contributed by atoms with Gasteiger partial charge in [0.1, 0.15) is 9.88 Å². The maximum atomic E-state index is 12.0. The van der Waals surface area contributed by atoms with E-state index in [4.69, 9.17) is 18.0 Å². The van der Waals surface area contributed by atoms with E-state index in [1.807, 2.05) is 0 Å². The molecular formula is C9H7BrN4O2S3. The van der Waals surface area contributed by atoms with Crippen molar-refractivity contribution >= 4 is 59.6 Å². The standard InChI is InChI=1S/C9H7BrN4O2S3/c10-7-4-13-9(18-7)14-19(15,16)5-1-2-6(8(11)17)12-3-5/h1-4H,(H2,11,17)(H,13,14). The molecule has 0 aromatic carbocycles. The molecule has 2 rings (SSSR count). The van der Waals surface area contributed by atoms with Crippen LogP contribution in [0.1, 0.15) is 5.69 Å². The predicted octanol–water partition coefficient (Wildman–Crippen LogP) is 1.74. The number of anilines is 1. The normalized spacial score (nSPS) is 11.2. The number of halogens is 1. The molecule has 2 aromatic heterocycles. The molecule has 0 fully saturated rings. The zero-order valence-electron chi connectivity index (χ0n) is 9.20. The molecule has 0 aliphatic carbocycles. The average Bonchev–Trinajstić information content (AvgIpc) is 2.74. The summed E-state index contributed by atoms with van der Waals surface area (Å²) in [6, 6.07) is 2.83. The van der Waals surface area contributed by atoms with Gasteiger partial charge in [-0.25, -0.2) is 13.4 Å². The molecule has 0 spiro atoms. The second-order valence-electron chi connectivity index (χ2n) is 3.32. The molecule has 0 amide bonds. The topological polar surface area (TPSA) is 98.0 Å². The molecule has 19 heavy (non-hydrogen) atoms. The molecule has 0 saturated heterocycles. The molecule has 0 bridgehead atoms. The van der Waals surface area contributed by atoms with Crippen molar-refractivity contribution < 1.29 is 8.42 Å². The Kier molecular flexibility index (Phi) is 4.13. The van der Waals surface area contributed by atoms with Crippen molar-refractivity contribution in [1.29, 1.82) is 0 Å². The van der Waals surface area contributed by atoms with Crippen LogP contribution in [0.4, 0.5) is 5.13 Å². The lowest BCUT2D eigenvalue weighted by molar-refractivity contribution is 0.601. The third kappa shape index (κ3) is 3.47. The number of sulfonamides is 1. The summed E-state index contributed by atoms with van der Waals surface area (Å²) >= 11 is 9.12. The van der Waals surface area contributed by atoms with Crippen LogP contribution >= 0.6 is 39.5 Å². The van der Waals surface area contributed by atoms with Crippen molar-refractivity contribution in [3.05, 3.63) is 34.0 Å². The van der Waals surface area contributed by atoms with Crippen molar-refractivity contribution in [2.75, 3.05) is 4.72 Å². The average molecular weight is 379 g/mol. The molecule has 100 valence electrons. The van der Waals surface area contributed by atoms with Crippen LogP contribution < -0.4 is 10.5 Å². The summed E-state index contributed by atoms with van der Waals surface area (Å²) in [4.78, 5) is 7.90. The third-order valence-electron chi connectivity index (χ3n) is 2.00. The zero-order chi connectivity index (χ0) is 14.0. The number of nitrogens with one attached hydrogen (secondary N) is 1. The molecule has 0 saturated carbocycles. The van der Waals surface area contributed by atoms with Gasteiger partial charge in [0.15, 0.2) is 5.13 Å². The minimum atomic E-state index is -3.71. The molecule has 0 unspecified atom stereocenters.